The second-order valence-electron chi connectivity index (χ2n) is 4.53. The first-order valence-corrected chi connectivity index (χ1v) is 5.97. The fourth-order valence-electron chi connectivity index (χ4n) is 2.38. The summed E-state index contributed by atoms with van der Waals surface area (Å²) in [6, 6.07) is 14.1. The molecule has 1 aromatic heterocycles. The number of aryl methyl sites for hydroxylation is 2. The number of para-hydroxylation sites is 2. The van der Waals surface area contributed by atoms with Gasteiger partial charge in [-0.1, -0.05) is 12.1 Å². The first-order valence-electron chi connectivity index (χ1n) is 5.97. The molecule has 18 heavy (non-hydrogen) atoms. The molecule has 0 fully saturated rings. The number of nitrogen functional groups attached to an aromatic ring is 1. The zero-order valence-electron chi connectivity index (χ0n) is 10.5. The third-order valence-corrected chi connectivity index (χ3v) is 3.19. The number of benzene rings is 2. The van der Waals surface area contributed by atoms with Gasteiger partial charge in [0.1, 0.15) is 5.82 Å². The average Bonchev–Trinajstić information content (AvgIpc) is 2.66. The Balaban J connectivity index is 2.34. The van der Waals surface area contributed by atoms with Gasteiger partial charge in [-0.15, -0.1) is 0 Å². The van der Waals surface area contributed by atoms with Gasteiger partial charge >= 0.3 is 0 Å². The molecule has 3 nitrogen and oxygen atoms in total. The van der Waals surface area contributed by atoms with Crippen molar-refractivity contribution in [1.82, 2.24) is 9.55 Å². The highest BCUT2D eigenvalue weighted by Crippen LogP contribution is 2.24. The van der Waals surface area contributed by atoms with Crippen molar-refractivity contribution in [2.45, 2.75) is 13.8 Å². The third kappa shape index (κ3) is 1.56. The average molecular weight is 237 g/mol. The zero-order valence-corrected chi connectivity index (χ0v) is 10.5. The topological polar surface area (TPSA) is 43.8 Å². The maximum absolute atomic E-state index is 5.81. The Bertz CT molecular complexity index is 726. The van der Waals surface area contributed by atoms with Gasteiger partial charge in [0.25, 0.3) is 0 Å². The molecule has 90 valence electrons. The number of hydrogen-bond donors (Lipinski definition) is 1. The minimum atomic E-state index is 0.790. The third-order valence-electron chi connectivity index (χ3n) is 3.19. The first kappa shape index (κ1) is 10.8. The summed E-state index contributed by atoms with van der Waals surface area (Å²) in [6.07, 6.45) is 0. The molecule has 0 unspecified atom stereocenters. The quantitative estimate of drug-likeness (QED) is 0.660. The summed E-state index contributed by atoms with van der Waals surface area (Å²) in [5.74, 6) is 0.990. The van der Waals surface area contributed by atoms with Crippen LogP contribution in [0.4, 0.5) is 5.69 Å². The molecule has 0 aliphatic rings. The number of hydrogen-bond acceptors (Lipinski definition) is 2. The smallest absolute Gasteiger partial charge is 0.111 e. The molecule has 0 bridgehead atoms. The molecule has 3 heteroatoms. The molecule has 0 amide bonds. The Morgan fingerprint density at radius 3 is 2.61 bits per heavy atom. The highest BCUT2D eigenvalue weighted by atomic mass is 15.1. The van der Waals surface area contributed by atoms with Crippen LogP contribution in [0.15, 0.2) is 42.5 Å². The first-order chi connectivity index (χ1) is 8.66. The van der Waals surface area contributed by atoms with E-state index in [-0.39, 0.29) is 0 Å². The minimum absolute atomic E-state index is 0.790. The Morgan fingerprint density at radius 2 is 1.83 bits per heavy atom. The van der Waals surface area contributed by atoms with Gasteiger partial charge in [-0.2, -0.15) is 0 Å². The molecule has 2 aromatic carbocycles. The molecule has 0 aliphatic heterocycles. The summed E-state index contributed by atoms with van der Waals surface area (Å²) in [4.78, 5) is 4.58. The normalized spacial score (nSPS) is 11.0. The summed E-state index contributed by atoms with van der Waals surface area (Å²) in [6.45, 7) is 4.09. The molecule has 0 spiro atoms. The Kier molecular flexibility index (Phi) is 2.33. The lowest BCUT2D eigenvalue weighted by molar-refractivity contribution is 0.990. The van der Waals surface area contributed by atoms with Gasteiger partial charge < -0.3 is 5.73 Å². The largest absolute Gasteiger partial charge is 0.399 e. The van der Waals surface area contributed by atoms with Crippen molar-refractivity contribution in [3.05, 3.63) is 53.9 Å². The monoisotopic (exact) mass is 237 g/mol. The number of nitrogens with two attached hydrogens (primary N) is 1. The van der Waals surface area contributed by atoms with Crippen molar-refractivity contribution >= 4 is 16.7 Å². The summed E-state index contributed by atoms with van der Waals surface area (Å²) in [5.41, 5.74) is 11.0. The van der Waals surface area contributed by atoms with Crippen LogP contribution in [-0.2, 0) is 0 Å². The Morgan fingerprint density at radius 1 is 1.06 bits per heavy atom. The second kappa shape index (κ2) is 3.88. The summed E-state index contributed by atoms with van der Waals surface area (Å²) < 4.78 is 2.17. The van der Waals surface area contributed by atoms with E-state index in [1.165, 1.54) is 0 Å². The van der Waals surface area contributed by atoms with Crippen molar-refractivity contribution < 1.29 is 0 Å². The van der Waals surface area contributed by atoms with E-state index in [4.69, 9.17) is 5.73 Å². The van der Waals surface area contributed by atoms with Gasteiger partial charge in [0, 0.05) is 5.69 Å². The Hall–Kier alpha value is -2.29. The number of imidazole rings is 1. The molecule has 2 N–H and O–H groups in total. The number of fused-ring (bicyclic) bond motifs is 1. The second-order valence-corrected chi connectivity index (χ2v) is 4.53. The summed E-state index contributed by atoms with van der Waals surface area (Å²) in [7, 11) is 0. The van der Waals surface area contributed by atoms with Crippen molar-refractivity contribution in [1.29, 1.82) is 0 Å². The van der Waals surface area contributed by atoms with Crippen molar-refractivity contribution in [3.63, 3.8) is 0 Å². The lowest BCUT2D eigenvalue weighted by atomic mass is 10.1. The van der Waals surface area contributed by atoms with Crippen LogP contribution in [-0.4, -0.2) is 9.55 Å². The highest BCUT2D eigenvalue weighted by molar-refractivity contribution is 5.78. The van der Waals surface area contributed by atoms with E-state index in [9.17, 15) is 0 Å². The van der Waals surface area contributed by atoms with Crippen LogP contribution in [0.25, 0.3) is 16.7 Å². The van der Waals surface area contributed by atoms with Crippen LogP contribution in [0.1, 0.15) is 11.4 Å². The molecular weight excluding hydrogens is 222 g/mol. The van der Waals surface area contributed by atoms with E-state index in [1.54, 1.807) is 0 Å². The molecule has 0 saturated heterocycles. The van der Waals surface area contributed by atoms with Gasteiger partial charge in [-0.3, -0.25) is 4.57 Å². The predicted octanol–water partition coefficient (Wildman–Crippen LogP) is 3.22. The number of rotatable bonds is 1. The van der Waals surface area contributed by atoms with Gasteiger partial charge in [0.15, 0.2) is 0 Å². The SMILES string of the molecule is Cc1cc(N)ccc1-n1c(C)nc2ccccc21. The lowest BCUT2D eigenvalue weighted by Gasteiger charge is -2.10. The predicted molar refractivity (Wildman–Crippen MR) is 75.0 cm³/mol. The molecular formula is C15H15N3. The van der Waals surface area contributed by atoms with Crippen molar-refractivity contribution in [3.8, 4) is 5.69 Å². The van der Waals surface area contributed by atoms with Crippen LogP contribution < -0.4 is 5.73 Å². The van der Waals surface area contributed by atoms with Crippen molar-refractivity contribution in [2.24, 2.45) is 0 Å². The van der Waals surface area contributed by atoms with Crippen LogP contribution in [0, 0.1) is 13.8 Å². The van der Waals surface area contributed by atoms with E-state index in [0.717, 1.165) is 33.8 Å². The molecule has 0 atom stereocenters. The summed E-state index contributed by atoms with van der Waals surface area (Å²) in [5, 5.41) is 0. The lowest BCUT2D eigenvalue weighted by Crippen LogP contribution is -2.00. The van der Waals surface area contributed by atoms with Gasteiger partial charge in [0.05, 0.1) is 16.7 Å². The maximum atomic E-state index is 5.81. The zero-order chi connectivity index (χ0) is 12.7. The van der Waals surface area contributed by atoms with Crippen LogP contribution >= 0.6 is 0 Å². The van der Waals surface area contributed by atoms with Gasteiger partial charge in [0.2, 0.25) is 0 Å². The van der Waals surface area contributed by atoms with Gasteiger partial charge in [-0.25, -0.2) is 4.98 Å². The molecule has 0 radical (unpaired) electrons. The van der Waals surface area contributed by atoms with E-state index in [0.29, 0.717) is 0 Å². The minimum Gasteiger partial charge on any atom is -0.399 e. The number of nitrogens with zero attached hydrogens (tertiary/aromatic N) is 2. The number of anilines is 1. The fraction of sp³-hybridized carbons (Fsp3) is 0.133. The Labute approximate surface area is 106 Å². The standard InChI is InChI=1S/C15H15N3/c1-10-9-12(16)7-8-14(10)18-11(2)17-13-5-3-4-6-15(13)18/h3-9H,16H2,1-2H3. The van der Waals surface area contributed by atoms with E-state index in [2.05, 4.69) is 22.5 Å². The van der Waals surface area contributed by atoms with E-state index < -0.39 is 0 Å². The molecule has 3 aromatic rings. The molecule has 3 rings (SSSR count). The maximum Gasteiger partial charge on any atom is 0.111 e. The van der Waals surface area contributed by atoms with E-state index >= 15 is 0 Å². The number of aromatic nitrogens is 2. The van der Waals surface area contributed by atoms with Gasteiger partial charge in [-0.05, 0) is 49.7 Å². The molecule has 0 saturated carbocycles. The van der Waals surface area contributed by atoms with Crippen molar-refractivity contribution in [2.75, 3.05) is 5.73 Å². The fourth-order valence-corrected chi connectivity index (χ4v) is 2.38. The van der Waals surface area contributed by atoms with Crippen LogP contribution in [0.5, 0.6) is 0 Å². The van der Waals surface area contributed by atoms with Crippen LogP contribution in [0.3, 0.4) is 0 Å². The molecule has 1 heterocycles. The molecule has 0 aliphatic carbocycles. The summed E-state index contributed by atoms with van der Waals surface area (Å²) >= 11 is 0. The highest BCUT2D eigenvalue weighted by Gasteiger charge is 2.10. The van der Waals surface area contributed by atoms with E-state index in [1.807, 2.05) is 43.3 Å². The van der Waals surface area contributed by atoms with Crippen LogP contribution in [0.2, 0.25) is 0 Å².